The van der Waals surface area contributed by atoms with Crippen LogP contribution in [0.5, 0.6) is 0 Å². The molecule has 1 aromatic heterocycles. The zero-order valence-electron chi connectivity index (χ0n) is 11.9. The normalized spacial score (nSPS) is 17.4. The van der Waals surface area contributed by atoms with Gasteiger partial charge in [-0.15, -0.1) is 0 Å². The summed E-state index contributed by atoms with van der Waals surface area (Å²) in [6.45, 7) is 4.39. The van der Waals surface area contributed by atoms with E-state index in [2.05, 4.69) is 17.9 Å². The van der Waals surface area contributed by atoms with Crippen LogP contribution in [0.4, 0.5) is 5.69 Å². The van der Waals surface area contributed by atoms with E-state index in [0.29, 0.717) is 0 Å². The molecule has 1 aromatic carbocycles. The Morgan fingerprint density at radius 3 is 2.80 bits per heavy atom. The van der Waals surface area contributed by atoms with Crippen LogP contribution in [0.15, 0.2) is 21.3 Å². The first kappa shape index (κ1) is 12.0. The van der Waals surface area contributed by atoms with Gasteiger partial charge < -0.3 is 9.32 Å². The molecule has 20 heavy (non-hydrogen) atoms. The van der Waals surface area contributed by atoms with E-state index >= 15 is 0 Å². The maximum Gasteiger partial charge on any atom is 0.336 e. The highest BCUT2D eigenvalue weighted by Gasteiger charge is 2.27. The Kier molecular flexibility index (Phi) is 2.62. The van der Waals surface area contributed by atoms with E-state index in [9.17, 15) is 4.79 Å². The number of benzene rings is 1. The van der Waals surface area contributed by atoms with Crippen molar-refractivity contribution in [3.8, 4) is 0 Å². The molecule has 0 N–H and O–H groups in total. The van der Waals surface area contributed by atoms with Crippen LogP contribution in [0.25, 0.3) is 11.0 Å². The van der Waals surface area contributed by atoms with Gasteiger partial charge in [0.25, 0.3) is 0 Å². The Bertz CT molecular complexity index is 743. The molecule has 2 aliphatic rings. The van der Waals surface area contributed by atoms with Gasteiger partial charge in [0, 0.05) is 35.8 Å². The Balaban J connectivity index is 2.12. The predicted molar refractivity (Wildman–Crippen MR) is 80.7 cm³/mol. The molecule has 104 valence electrons. The van der Waals surface area contributed by atoms with Gasteiger partial charge in [0.2, 0.25) is 0 Å². The van der Waals surface area contributed by atoms with Crippen LogP contribution in [-0.4, -0.2) is 13.1 Å². The molecular formula is C17H19NO2. The van der Waals surface area contributed by atoms with E-state index in [-0.39, 0.29) is 5.63 Å². The number of hydrogen-bond acceptors (Lipinski definition) is 3. The molecule has 0 saturated heterocycles. The Morgan fingerprint density at radius 2 is 2.00 bits per heavy atom. The highest BCUT2D eigenvalue weighted by molar-refractivity contribution is 5.90. The monoisotopic (exact) mass is 269 g/mol. The fourth-order valence-electron chi connectivity index (χ4n) is 3.83. The van der Waals surface area contributed by atoms with Gasteiger partial charge in [0.15, 0.2) is 0 Å². The molecule has 0 amide bonds. The van der Waals surface area contributed by atoms with E-state index in [1.54, 1.807) is 6.07 Å². The molecule has 0 radical (unpaired) electrons. The van der Waals surface area contributed by atoms with Gasteiger partial charge in [-0.05, 0) is 49.3 Å². The molecule has 0 unspecified atom stereocenters. The molecule has 0 spiro atoms. The second-order valence-corrected chi connectivity index (χ2v) is 5.88. The Morgan fingerprint density at radius 1 is 1.20 bits per heavy atom. The summed E-state index contributed by atoms with van der Waals surface area (Å²) in [5.41, 5.74) is 5.85. The fourth-order valence-corrected chi connectivity index (χ4v) is 3.83. The van der Waals surface area contributed by atoms with Crippen molar-refractivity contribution in [3.05, 3.63) is 39.2 Å². The van der Waals surface area contributed by atoms with Crippen molar-refractivity contribution in [1.82, 2.24) is 0 Å². The van der Waals surface area contributed by atoms with Crippen molar-refractivity contribution in [3.63, 3.8) is 0 Å². The molecule has 3 heterocycles. The standard InChI is InChI=1S/C17H19NO2/c1-2-11-10-15(19)20-17-13-6-4-8-18-7-3-5-12(16(13)18)9-14(11)17/h9-10H,2-8H2,1H3. The van der Waals surface area contributed by atoms with Gasteiger partial charge in [-0.25, -0.2) is 4.79 Å². The first-order chi connectivity index (χ1) is 9.78. The molecule has 0 aliphatic carbocycles. The minimum Gasteiger partial charge on any atom is -0.422 e. The molecule has 0 atom stereocenters. The third kappa shape index (κ3) is 1.62. The number of fused-ring (bicyclic) bond motifs is 2. The van der Waals surface area contributed by atoms with Crippen LogP contribution in [0.2, 0.25) is 0 Å². The van der Waals surface area contributed by atoms with Crippen LogP contribution in [0.3, 0.4) is 0 Å². The lowest BCUT2D eigenvalue weighted by atomic mass is 9.89. The quantitative estimate of drug-likeness (QED) is 0.746. The van der Waals surface area contributed by atoms with Crippen LogP contribution in [0.1, 0.15) is 36.5 Å². The van der Waals surface area contributed by atoms with E-state index in [4.69, 9.17) is 4.42 Å². The van der Waals surface area contributed by atoms with Gasteiger partial charge in [0.05, 0.1) is 0 Å². The maximum atomic E-state index is 11.8. The van der Waals surface area contributed by atoms with Crippen LogP contribution in [-0.2, 0) is 19.3 Å². The van der Waals surface area contributed by atoms with E-state index in [0.717, 1.165) is 55.3 Å². The largest absolute Gasteiger partial charge is 0.422 e. The molecule has 2 aromatic rings. The van der Waals surface area contributed by atoms with Crippen LogP contribution >= 0.6 is 0 Å². The van der Waals surface area contributed by atoms with Gasteiger partial charge in [-0.1, -0.05) is 6.92 Å². The minimum atomic E-state index is -0.210. The van der Waals surface area contributed by atoms with Gasteiger partial charge in [-0.3, -0.25) is 0 Å². The number of anilines is 1. The lowest BCUT2D eigenvalue weighted by molar-refractivity contribution is 0.548. The number of aryl methyl sites for hydroxylation is 3. The topological polar surface area (TPSA) is 33.5 Å². The summed E-state index contributed by atoms with van der Waals surface area (Å²) in [5, 5.41) is 1.16. The molecule has 4 rings (SSSR count). The molecule has 3 nitrogen and oxygen atoms in total. The summed E-state index contributed by atoms with van der Waals surface area (Å²) >= 11 is 0. The zero-order chi connectivity index (χ0) is 13.7. The fraction of sp³-hybridized carbons (Fsp3) is 0.471. The molecule has 0 saturated carbocycles. The lowest BCUT2D eigenvalue weighted by Gasteiger charge is -2.37. The van der Waals surface area contributed by atoms with E-state index in [1.807, 2.05) is 0 Å². The summed E-state index contributed by atoms with van der Waals surface area (Å²) in [4.78, 5) is 14.3. The second kappa shape index (κ2) is 4.37. The number of nitrogens with zero attached hydrogens (tertiary/aromatic N) is 1. The summed E-state index contributed by atoms with van der Waals surface area (Å²) in [6.07, 6.45) is 5.45. The van der Waals surface area contributed by atoms with Crippen LogP contribution in [0, 0.1) is 0 Å². The van der Waals surface area contributed by atoms with Gasteiger partial charge in [-0.2, -0.15) is 0 Å². The Labute approximate surface area is 118 Å². The predicted octanol–water partition coefficient (Wildman–Crippen LogP) is 3.05. The maximum absolute atomic E-state index is 11.8. The molecular weight excluding hydrogens is 250 g/mol. The third-order valence-corrected chi connectivity index (χ3v) is 4.69. The smallest absolute Gasteiger partial charge is 0.336 e. The minimum absolute atomic E-state index is 0.210. The third-order valence-electron chi connectivity index (χ3n) is 4.69. The molecule has 0 bridgehead atoms. The second-order valence-electron chi connectivity index (χ2n) is 5.88. The lowest BCUT2D eigenvalue weighted by Crippen LogP contribution is -2.34. The van der Waals surface area contributed by atoms with Crippen molar-refractivity contribution >= 4 is 16.7 Å². The highest BCUT2D eigenvalue weighted by atomic mass is 16.4. The average molecular weight is 269 g/mol. The molecule has 2 aliphatic heterocycles. The Hall–Kier alpha value is -1.77. The van der Waals surface area contributed by atoms with Gasteiger partial charge >= 0.3 is 5.63 Å². The number of rotatable bonds is 1. The zero-order valence-corrected chi connectivity index (χ0v) is 11.9. The van der Waals surface area contributed by atoms with Crippen molar-refractivity contribution in [2.45, 2.75) is 39.0 Å². The van der Waals surface area contributed by atoms with E-state index < -0.39 is 0 Å². The van der Waals surface area contributed by atoms with E-state index in [1.165, 1.54) is 23.2 Å². The van der Waals surface area contributed by atoms with Crippen molar-refractivity contribution in [2.24, 2.45) is 0 Å². The summed E-state index contributed by atoms with van der Waals surface area (Å²) < 4.78 is 5.59. The average Bonchev–Trinajstić information content (AvgIpc) is 2.48. The van der Waals surface area contributed by atoms with Crippen molar-refractivity contribution in [2.75, 3.05) is 18.0 Å². The molecule has 3 heteroatoms. The molecule has 0 fully saturated rings. The first-order valence-electron chi connectivity index (χ1n) is 7.64. The SMILES string of the molecule is CCc1cc(=O)oc2c3c4c(cc12)CCCN4CCC3. The summed E-state index contributed by atoms with van der Waals surface area (Å²) in [5.74, 6) is 0. The van der Waals surface area contributed by atoms with Crippen molar-refractivity contribution in [1.29, 1.82) is 0 Å². The number of hydrogen-bond donors (Lipinski definition) is 0. The van der Waals surface area contributed by atoms with Crippen molar-refractivity contribution < 1.29 is 4.42 Å². The summed E-state index contributed by atoms with van der Waals surface area (Å²) in [7, 11) is 0. The van der Waals surface area contributed by atoms with Crippen LogP contribution < -0.4 is 10.5 Å². The van der Waals surface area contributed by atoms with Gasteiger partial charge in [0.1, 0.15) is 5.58 Å². The first-order valence-corrected chi connectivity index (χ1v) is 7.64. The highest BCUT2D eigenvalue weighted by Crippen LogP contribution is 2.40. The summed E-state index contributed by atoms with van der Waals surface area (Å²) in [6, 6.07) is 3.93.